The highest BCUT2D eigenvalue weighted by atomic mass is 16.6. The topological polar surface area (TPSA) is 78.9 Å². The third-order valence-corrected chi connectivity index (χ3v) is 11.3. The highest BCUT2D eigenvalue weighted by molar-refractivity contribution is 5.71. The Hall–Kier alpha value is -2.63. The SMILES string of the molecule is CCCCC/C=C\C/C=C\C/C=C\C/C=C\CCCC(=O)OC[C@H](COC(=O)CCCCCCCCCCCCCCCCC)OC(=O)CCCCCCCCCCCCC. The van der Waals surface area contributed by atoms with Gasteiger partial charge in [-0.05, 0) is 57.8 Å². The van der Waals surface area contributed by atoms with Crippen molar-refractivity contribution in [2.24, 2.45) is 0 Å². The number of carbonyl (C=O) groups is 3. The third kappa shape index (κ3) is 48.3. The summed E-state index contributed by atoms with van der Waals surface area (Å²) in [5, 5.41) is 0. The normalized spacial score (nSPS) is 12.4. The monoisotopic (exact) mass is 855 g/mol. The second-order valence-electron chi connectivity index (χ2n) is 17.4. The molecule has 0 aromatic heterocycles. The summed E-state index contributed by atoms with van der Waals surface area (Å²) in [4.78, 5) is 37.9. The third-order valence-electron chi connectivity index (χ3n) is 11.3. The van der Waals surface area contributed by atoms with Crippen LogP contribution >= 0.6 is 0 Å². The smallest absolute Gasteiger partial charge is 0.306 e. The average molecular weight is 855 g/mol. The van der Waals surface area contributed by atoms with Gasteiger partial charge in [-0.25, -0.2) is 0 Å². The van der Waals surface area contributed by atoms with Crippen molar-refractivity contribution in [2.45, 2.75) is 271 Å². The maximum atomic E-state index is 12.8. The molecule has 0 unspecified atom stereocenters. The van der Waals surface area contributed by atoms with Crippen LogP contribution in [0.25, 0.3) is 0 Å². The van der Waals surface area contributed by atoms with E-state index in [1.54, 1.807) is 0 Å². The Kier molecular flexibility index (Phi) is 47.9. The lowest BCUT2D eigenvalue weighted by Crippen LogP contribution is -2.30. The van der Waals surface area contributed by atoms with Crippen molar-refractivity contribution in [3.8, 4) is 0 Å². The van der Waals surface area contributed by atoms with Crippen molar-refractivity contribution in [1.29, 1.82) is 0 Å². The number of hydrogen-bond donors (Lipinski definition) is 0. The van der Waals surface area contributed by atoms with Crippen LogP contribution < -0.4 is 0 Å². The first kappa shape index (κ1) is 58.4. The number of esters is 3. The van der Waals surface area contributed by atoms with E-state index in [-0.39, 0.29) is 37.5 Å². The zero-order valence-electron chi connectivity index (χ0n) is 40.4. The van der Waals surface area contributed by atoms with Gasteiger partial charge in [-0.15, -0.1) is 0 Å². The van der Waals surface area contributed by atoms with Gasteiger partial charge in [0.25, 0.3) is 0 Å². The van der Waals surface area contributed by atoms with Gasteiger partial charge in [-0.1, -0.05) is 236 Å². The summed E-state index contributed by atoms with van der Waals surface area (Å²) in [7, 11) is 0. The summed E-state index contributed by atoms with van der Waals surface area (Å²) >= 11 is 0. The number of ether oxygens (including phenoxy) is 3. The lowest BCUT2D eigenvalue weighted by molar-refractivity contribution is -0.167. The minimum absolute atomic E-state index is 0.0862. The van der Waals surface area contributed by atoms with Crippen LogP contribution in [-0.2, 0) is 28.6 Å². The first-order valence-corrected chi connectivity index (χ1v) is 26.1. The number of allylic oxidation sites excluding steroid dienone is 8. The Balaban J connectivity index is 4.41. The van der Waals surface area contributed by atoms with E-state index in [0.717, 1.165) is 64.2 Å². The van der Waals surface area contributed by atoms with E-state index < -0.39 is 6.10 Å². The molecule has 0 aliphatic heterocycles. The molecule has 6 nitrogen and oxygen atoms in total. The van der Waals surface area contributed by atoms with Gasteiger partial charge in [0.1, 0.15) is 13.2 Å². The largest absolute Gasteiger partial charge is 0.462 e. The molecule has 0 bridgehead atoms. The van der Waals surface area contributed by atoms with Crippen molar-refractivity contribution < 1.29 is 28.6 Å². The minimum Gasteiger partial charge on any atom is -0.462 e. The standard InChI is InChI=1S/C55H98O6/c1-4-7-10-13-16-19-22-24-26-27-29-31-34-36-39-42-45-48-54(57)60-51-52(61-55(58)49-46-43-40-37-32-21-18-15-12-9-6-3)50-59-53(56)47-44-41-38-35-33-30-28-25-23-20-17-14-11-8-5-2/h16,19,24,26,29,31,36,39,52H,4-15,17-18,20-23,25,27-28,30,32-35,37-38,40-51H2,1-3H3/b19-16-,26-24-,31-29-,39-36-/t52-/m0/s1. The van der Waals surface area contributed by atoms with E-state index in [4.69, 9.17) is 14.2 Å². The fourth-order valence-electron chi connectivity index (χ4n) is 7.38. The molecule has 0 saturated carbocycles. The highest BCUT2D eigenvalue weighted by Gasteiger charge is 2.19. The lowest BCUT2D eigenvalue weighted by Gasteiger charge is -2.18. The van der Waals surface area contributed by atoms with Crippen LogP contribution in [0.15, 0.2) is 48.6 Å². The molecular weight excluding hydrogens is 757 g/mol. The predicted molar refractivity (Wildman–Crippen MR) is 261 cm³/mol. The fraction of sp³-hybridized carbons (Fsp3) is 0.800. The van der Waals surface area contributed by atoms with Gasteiger partial charge in [0, 0.05) is 19.3 Å². The summed E-state index contributed by atoms with van der Waals surface area (Å²) in [6, 6.07) is 0. The van der Waals surface area contributed by atoms with E-state index in [9.17, 15) is 14.4 Å². The molecule has 0 aliphatic rings. The van der Waals surface area contributed by atoms with Crippen LogP contribution in [0.2, 0.25) is 0 Å². The van der Waals surface area contributed by atoms with Crippen molar-refractivity contribution in [3.63, 3.8) is 0 Å². The summed E-state index contributed by atoms with van der Waals surface area (Å²) in [6.45, 7) is 6.57. The van der Waals surface area contributed by atoms with E-state index in [2.05, 4.69) is 69.4 Å². The van der Waals surface area contributed by atoms with Crippen LogP contribution in [0.3, 0.4) is 0 Å². The number of unbranched alkanes of at least 4 members (excludes halogenated alkanes) is 28. The Labute approximate surface area is 378 Å². The molecule has 0 rings (SSSR count). The van der Waals surface area contributed by atoms with Gasteiger partial charge in [-0.2, -0.15) is 0 Å². The molecule has 354 valence electrons. The predicted octanol–water partition coefficient (Wildman–Crippen LogP) is 17.1. The minimum atomic E-state index is -0.789. The van der Waals surface area contributed by atoms with Gasteiger partial charge >= 0.3 is 17.9 Å². The zero-order valence-corrected chi connectivity index (χ0v) is 40.4. The molecule has 0 amide bonds. The highest BCUT2D eigenvalue weighted by Crippen LogP contribution is 2.15. The molecule has 61 heavy (non-hydrogen) atoms. The molecule has 0 fully saturated rings. The van der Waals surface area contributed by atoms with E-state index in [1.165, 1.54) is 154 Å². The van der Waals surface area contributed by atoms with Crippen molar-refractivity contribution in [1.82, 2.24) is 0 Å². The van der Waals surface area contributed by atoms with Gasteiger partial charge < -0.3 is 14.2 Å². The molecule has 1 atom stereocenters. The molecule has 0 N–H and O–H groups in total. The van der Waals surface area contributed by atoms with Crippen LogP contribution in [-0.4, -0.2) is 37.2 Å². The van der Waals surface area contributed by atoms with Crippen molar-refractivity contribution >= 4 is 17.9 Å². The maximum Gasteiger partial charge on any atom is 0.306 e. The molecule has 0 heterocycles. The van der Waals surface area contributed by atoms with Gasteiger partial charge in [0.05, 0.1) is 0 Å². The first-order chi connectivity index (χ1) is 30.0. The maximum absolute atomic E-state index is 12.8. The molecule has 0 radical (unpaired) electrons. The van der Waals surface area contributed by atoms with E-state index in [0.29, 0.717) is 19.3 Å². The quantitative estimate of drug-likeness (QED) is 0.0263. The fourth-order valence-corrected chi connectivity index (χ4v) is 7.38. The van der Waals surface area contributed by atoms with Crippen molar-refractivity contribution in [2.75, 3.05) is 13.2 Å². The van der Waals surface area contributed by atoms with Crippen molar-refractivity contribution in [3.05, 3.63) is 48.6 Å². The van der Waals surface area contributed by atoms with Crippen LogP contribution in [0.1, 0.15) is 265 Å². The molecule has 6 heteroatoms. The summed E-state index contributed by atoms with van der Waals surface area (Å²) < 4.78 is 16.7. The molecule has 0 aromatic rings. The average Bonchev–Trinajstić information content (AvgIpc) is 3.26. The Morgan fingerprint density at radius 3 is 0.984 bits per heavy atom. The first-order valence-electron chi connectivity index (χ1n) is 26.1. The zero-order chi connectivity index (χ0) is 44.4. The lowest BCUT2D eigenvalue weighted by atomic mass is 10.0. The van der Waals surface area contributed by atoms with Crippen LogP contribution in [0.4, 0.5) is 0 Å². The van der Waals surface area contributed by atoms with Gasteiger partial charge in [0.15, 0.2) is 6.10 Å². The molecule has 0 spiro atoms. The molecular formula is C55H98O6. The van der Waals surface area contributed by atoms with Crippen LogP contribution in [0.5, 0.6) is 0 Å². The Bertz CT molecular complexity index is 1070. The number of hydrogen-bond acceptors (Lipinski definition) is 6. The second kappa shape index (κ2) is 50.0. The van der Waals surface area contributed by atoms with E-state index in [1.807, 2.05) is 0 Å². The Morgan fingerprint density at radius 2 is 0.607 bits per heavy atom. The second-order valence-corrected chi connectivity index (χ2v) is 17.4. The summed E-state index contributed by atoms with van der Waals surface area (Å²) in [6.07, 6.45) is 59.5. The van der Waals surface area contributed by atoms with Gasteiger partial charge in [-0.3, -0.25) is 14.4 Å². The van der Waals surface area contributed by atoms with Gasteiger partial charge in [0.2, 0.25) is 0 Å². The number of carbonyl (C=O) groups excluding carboxylic acids is 3. The molecule has 0 aromatic carbocycles. The van der Waals surface area contributed by atoms with Crippen LogP contribution in [0, 0.1) is 0 Å². The Morgan fingerprint density at radius 1 is 0.328 bits per heavy atom. The number of rotatable bonds is 47. The summed E-state index contributed by atoms with van der Waals surface area (Å²) in [5.41, 5.74) is 0. The summed E-state index contributed by atoms with van der Waals surface area (Å²) in [5.74, 6) is -0.936. The molecule has 0 saturated heterocycles. The van der Waals surface area contributed by atoms with E-state index >= 15 is 0 Å². The molecule has 0 aliphatic carbocycles.